The van der Waals surface area contributed by atoms with Crippen molar-refractivity contribution < 1.29 is 5.11 Å². The Hall–Kier alpha value is -2.26. The molecule has 0 radical (unpaired) electrons. The molecule has 0 aliphatic rings. The number of rotatable bonds is 2. The van der Waals surface area contributed by atoms with E-state index in [2.05, 4.69) is 9.98 Å². The van der Waals surface area contributed by atoms with E-state index in [1.807, 2.05) is 38.1 Å². The highest BCUT2D eigenvalue weighted by molar-refractivity contribution is 6.31. The maximum Gasteiger partial charge on any atom is 0.198 e. The normalized spacial score (nSPS) is 11.6. The van der Waals surface area contributed by atoms with E-state index in [9.17, 15) is 5.11 Å². The van der Waals surface area contributed by atoms with Crippen LogP contribution in [0.15, 0.2) is 41.4 Å². The van der Waals surface area contributed by atoms with Gasteiger partial charge in [-0.3, -0.25) is 4.99 Å². The van der Waals surface area contributed by atoms with Crippen molar-refractivity contribution in [3.63, 3.8) is 0 Å². The quantitative estimate of drug-likeness (QED) is 0.650. The van der Waals surface area contributed by atoms with Gasteiger partial charge in [-0.15, -0.1) is 0 Å². The number of nitrogens with one attached hydrogen (secondary N) is 1. The molecule has 0 saturated heterocycles. The average molecular weight is 299 g/mol. The Balaban J connectivity index is 2.10. The first-order valence-corrected chi connectivity index (χ1v) is 7.04. The third-order valence-electron chi connectivity index (χ3n) is 3.54. The number of para-hydroxylation sites is 1. The third-order valence-corrected chi connectivity index (χ3v) is 3.78. The van der Waals surface area contributed by atoms with Crippen LogP contribution >= 0.6 is 11.6 Å². The molecule has 1 heterocycles. The van der Waals surface area contributed by atoms with Gasteiger partial charge in [0.15, 0.2) is 5.88 Å². The number of aryl methyl sites for hydroxylation is 2. The Morgan fingerprint density at radius 2 is 1.86 bits per heavy atom. The van der Waals surface area contributed by atoms with Crippen molar-refractivity contribution in [1.29, 1.82) is 0 Å². The zero-order valence-electron chi connectivity index (χ0n) is 11.8. The van der Waals surface area contributed by atoms with E-state index in [-0.39, 0.29) is 5.88 Å². The highest BCUT2D eigenvalue weighted by Gasteiger charge is 2.09. The second-order valence-corrected chi connectivity index (χ2v) is 5.51. The zero-order valence-corrected chi connectivity index (χ0v) is 12.6. The maximum atomic E-state index is 10.1. The van der Waals surface area contributed by atoms with Gasteiger partial charge in [-0.2, -0.15) is 0 Å². The summed E-state index contributed by atoms with van der Waals surface area (Å²) in [5.41, 5.74) is 4.61. The van der Waals surface area contributed by atoms with Crippen LogP contribution in [-0.4, -0.2) is 16.3 Å². The van der Waals surface area contributed by atoms with Crippen molar-refractivity contribution in [3.8, 4) is 5.88 Å². The summed E-state index contributed by atoms with van der Waals surface area (Å²) in [7, 11) is 0. The fourth-order valence-corrected chi connectivity index (χ4v) is 2.62. The van der Waals surface area contributed by atoms with Crippen molar-refractivity contribution in [1.82, 2.24) is 4.98 Å². The molecule has 0 amide bonds. The highest BCUT2D eigenvalue weighted by Crippen LogP contribution is 2.29. The molecule has 0 aliphatic carbocycles. The SMILES string of the molecule is Cc1cccc(C)c1N=Cc1c(O)[nH]c2cc(Cl)ccc12. The lowest BCUT2D eigenvalue weighted by Crippen LogP contribution is -1.83. The molecule has 4 heteroatoms. The molecule has 0 bridgehead atoms. The molecule has 0 fully saturated rings. The van der Waals surface area contributed by atoms with Gasteiger partial charge in [-0.05, 0) is 37.1 Å². The summed E-state index contributed by atoms with van der Waals surface area (Å²) in [6.07, 6.45) is 1.69. The number of aromatic amines is 1. The van der Waals surface area contributed by atoms with Gasteiger partial charge in [-0.25, -0.2) is 0 Å². The van der Waals surface area contributed by atoms with E-state index in [1.54, 1.807) is 18.3 Å². The Kier molecular flexibility index (Phi) is 3.43. The molecular formula is C17H15ClN2O. The van der Waals surface area contributed by atoms with Crippen LogP contribution < -0.4 is 0 Å². The van der Waals surface area contributed by atoms with Gasteiger partial charge in [-0.1, -0.05) is 35.9 Å². The fraction of sp³-hybridized carbons (Fsp3) is 0.118. The molecule has 3 aromatic rings. The van der Waals surface area contributed by atoms with E-state index in [0.717, 1.165) is 27.7 Å². The minimum Gasteiger partial charge on any atom is -0.494 e. The molecular weight excluding hydrogens is 284 g/mol. The summed E-state index contributed by atoms with van der Waals surface area (Å²) in [4.78, 5) is 7.46. The van der Waals surface area contributed by atoms with Crippen molar-refractivity contribution in [2.75, 3.05) is 0 Å². The summed E-state index contributed by atoms with van der Waals surface area (Å²) < 4.78 is 0. The van der Waals surface area contributed by atoms with Crippen LogP contribution in [0.25, 0.3) is 10.9 Å². The van der Waals surface area contributed by atoms with Gasteiger partial charge < -0.3 is 10.1 Å². The molecule has 1 aromatic heterocycles. The number of aromatic nitrogens is 1. The monoisotopic (exact) mass is 298 g/mol. The third kappa shape index (κ3) is 2.52. The van der Waals surface area contributed by atoms with Crippen LogP contribution in [-0.2, 0) is 0 Å². The molecule has 0 aliphatic heterocycles. The lowest BCUT2D eigenvalue weighted by Gasteiger charge is -2.03. The van der Waals surface area contributed by atoms with Gasteiger partial charge in [0, 0.05) is 16.6 Å². The van der Waals surface area contributed by atoms with Crippen molar-refractivity contribution in [2.45, 2.75) is 13.8 Å². The largest absolute Gasteiger partial charge is 0.494 e. The van der Waals surface area contributed by atoms with Crippen molar-refractivity contribution in [3.05, 3.63) is 58.1 Å². The van der Waals surface area contributed by atoms with Gasteiger partial charge in [0.05, 0.1) is 16.8 Å². The number of nitrogens with zero attached hydrogens (tertiary/aromatic N) is 1. The fourth-order valence-electron chi connectivity index (χ4n) is 2.45. The smallest absolute Gasteiger partial charge is 0.198 e. The highest BCUT2D eigenvalue weighted by atomic mass is 35.5. The summed E-state index contributed by atoms with van der Waals surface area (Å²) in [6, 6.07) is 11.5. The Bertz CT molecular complexity index is 829. The van der Waals surface area contributed by atoms with Crippen LogP contribution in [0.3, 0.4) is 0 Å². The Labute approximate surface area is 127 Å². The molecule has 0 atom stereocenters. The van der Waals surface area contributed by atoms with Crippen LogP contribution in [0.4, 0.5) is 5.69 Å². The van der Waals surface area contributed by atoms with Crippen LogP contribution in [0, 0.1) is 13.8 Å². The summed E-state index contributed by atoms with van der Waals surface area (Å²) in [5.74, 6) is 0.0993. The number of H-pyrrole nitrogens is 1. The second kappa shape index (κ2) is 5.26. The molecule has 3 nitrogen and oxygen atoms in total. The number of halogens is 1. The minimum absolute atomic E-state index is 0.0993. The molecule has 0 spiro atoms. The first-order valence-electron chi connectivity index (χ1n) is 6.67. The molecule has 3 rings (SSSR count). The second-order valence-electron chi connectivity index (χ2n) is 5.08. The predicted octanol–water partition coefficient (Wildman–Crippen LogP) is 4.89. The zero-order chi connectivity index (χ0) is 15.0. The molecule has 2 aromatic carbocycles. The standard InChI is InChI=1S/C17H15ClN2O/c1-10-4-3-5-11(2)16(10)19-9-14-13-7-6-12(18)8-15(13)20-17(14)21/h3-9,20-21H,1-2H3. The van der Waals surface area contributed by atoms with E-state index in [4.69, 9.17) is 11.6 Å². The maximum absolute atomic E-state index is 10.1. The van der Waals surface area contributed by atoms with Crippen molar-refractivity contribution >= 4 is 34.4 Å². The summed E-state index contributed by atoms with van der Waals surface area (Å²) >= 11 is 5.96. The lowest BCUT2D eigenvalue weighted by molar-refractivity contribution is 0.457. The summed E-state index contributed by atoms with van der Waals surface area (Å²) in [5, 5.41) is 11.6. The van der Waals surface area contributed by atoms with Gasteiger partial charge in [0.1, 0.15) is 0 Å². The number of hydrogen-bond acceptors (Lipinski definition) is 2. The summed E-state index contributed by atoms with van der Waals surface area (Å²) in [6.45, 7) is 4.04. The Morgan fingerprint density at radius 1 is 1.14 bits per heavy atom. The van der Waals surface area contributed by atoms with E-state index < -0.39 is 0 Å². The molecule has 0 saturated carbocycles. The van der Waals surface area contributed by atoms with E-state index in [1.165, 1.54) is 0 Å². The van der Waals surface area contributed by atoms with Gasteiger partial charge in [0.2, 0.25) is 0 Å². The van der Waals surface area contributed by atoms with Crippen molar-refractivity contribution in [2.24, 2.45) is 4.99 Å². The van der Waals surface area contributed by atoms with Crippen LogP contribution in [0.1, 0.15) is 16.7 Å². The number of hydrogen-bond donors (Lipinski definition) is 2. The van der Waals surface area contributed by atoms with Crippen LogP contribution in [0.5, 0.6) is 5.88 Å². The van der Waals surface area contributed by atoms with Gasteiger partial charge in [0.25, 0.3) is 0 Å². The number of aromatic hydroxyl groups is 1. The molecule has 0 unspecified atom stereocenters. The predicted molar refractivity (Wildman–Crippen MR) is 88.1 cm³/mol. The number of fused-ring (bicyclic) bond motifs is 1. The minimum atomic E-state index is 0.0993. The number of benzene rings is 2. The Morgan fingerprint density at radius 3 is 2.57 bits per heavy atom. The number of aliphatic imine (C=N–C) groups is 1. The molecule has 106 valence electrons. The lowest BCUT2D eigenvalue weighted by atomic mass is 10.1. The topological polar surface area (TPSA) is 48.4 Å². The molecule has 21 heavy (non-hydrogen) atoms. The van der Waals surface area contributed by atoms with E-state index in [0.29, 0.717) is 10.6 Å². The van der Waals surface area contributed by atoms with Crippen LogP contribution in [0.2, 0.25) is 5.02 Å². The average Bonchev–Trinajstić information content (AvgIpc) is 2.73. The van der Waals surface area contributed by atoms with Gasteiger partial charge >= 0.3 is 0 Å². The molecule has 2 N–H and O–H groups in total. The first-order chi connectivity index (χ1) is 10.1. The van der Waals surface area contributed by atoms with E-state index >= 15 is 0 Å². The first kappa shape index (κ1) is 13.7.